The number of carboxylic acid groups (broad SMARTS) is 2. The van der Waals surface area contributed by atoms with E-state index in [1.54, 1.807) is 0 Å². The first-order chi connectivity index (χ1) is 27.7. The molecule has 0 amide bonds. The van der Waals surface area contributed by atoms with Gasteiger partial charge in [-0.3, -0.25) is 4.55 Å². The van der Waals surface area contributed by atoms with E-state index in [0.29, 0.717) is 6.42 Å². The highest BCUT2D eigenvalue weighted by Gasteiger charge is 2.20. The predicted octanol–water partition coefficient (Wildman–Crippen LogP) is 16.1. The van der Waals surface area contributed by atoms with Crippen molar-refractivity contribution in [3.05, 3.63) is 11.1 Å². The topological polar surface area (TPSA) is 129 Å². The van der Waals surface area contributed by atoms with Crippen molar-refractivity contribution in [3.8, 4) is 0 Å². The van der Waals surface area contributed by atoms with Crippen LogP contribution in [0.3, 0.4) is 0 Å². The highest BCUT2D eigenvalue weighted by atomic mass is 32.2. The molecule has 0 fully saturated rings. The van der Waals surface area contributed by atoms with Crippen molar-refractivity contribution in [2.24, 2.45) is 0 Å². The number of unbranched alkanes of at least 4 members (excludes halogenated alkanes) is 39. The van der Waals surface area contributed by atoms with Crippen LogP contribution < -0.4 is 0 Å². The highest BCUT2D eigenvalue weighted by Crippen LogP contribution is 2.21. The van der Waals surface area contributed by atoms with E-state index >= 15 is 0 Å². The second-order valence-corrected chi connectivity index (χ2v) is 19.1. The van der Waals surface area contributed by atoms with Gasteiger partial charge in [0.1, 0.15) is 0 Å². The van der Waals surface area contributed by atoms with E-state index in [2.05, 4.69) is 6.92 Å². The van der Waals surface area contributed by atoms with Gasteiger partial charge in [0.2, 0.25) is 0 Å². The molecule has 8 heteroatoms. The Morgan fingerprint density at radius 3 is 0.667 bits per heavy atom. The molecule has 0 unspecified atom stereocenters. The fourth-order valence-electron chi connectivity index (χ4n) is 8.30. The molecule has 0 bridgehead atoms. The van der Waals surface area contributed by atoms with Gasteiger partial charge in [0.05, 0.1) is 5.75 Å². The molecule has 0 aromatic rings. The standard InChI is InChI=1S/C49H94O7S/c1-2-3-4-5-6-7-8-9-10-11-12-13-14-15-16-17-18-19-20-21-22-23-24-25-26-27-28-29-30-31-32-33-34-35-36-37-38-39-40-41-43-46(48(50)51)47(49(52)53)44-42-45-57(54,55)56/h2-45H2,1H3,(H,50,51)(H,52,53)(H,54,55,56)/b47-46-. The molecule has 0 radical (unpaired) electrons. The Balaban J connectivity index is 3.36. The summed E-state index contributed by atoms with van der Waals surface area (Å²) in [6.45, 7) is 2.30. The van der Waals surface area contributed by atoms with Crippen LogP contribution in [0.5, 0.6) is 0 Å². The minimum absolute atomic E-state index is 0.128. The maximum Gasteiger partial charge on any atom is 0.332 e. The van der Waals surface area contributed by atoms with Gasteiger partial charge in [-0.15, -0.1) is 0 Å². The third-order valence-corrected chi connectivity index (χ3v) is 12.8. The smallest absolute Gasteiger partial charge is 0.332 e. The lowest BCUT2D eigenvalue weighted by Crippen LogP contribution is -2.13. The van der Waals surface area contributed by atoms with E-state index in [4.69, 9.17) is 4.55 Å². The largest absolute Gasteiger partial charge is 0.478 e. The van der Waals surface area contributed by atoms with Gasteiger partial charge in [-0.05, 0) is 25.7 Å². The molecule has 57 heavy (non-hydrogen) atoms. The number of carboxylic acids is 2. The molecule has 0 spiro atoms. The molecule has 0 saturated carbocycles. The van der Waals surface area contributed by atoms with E-state index in [1.807, 2.05) is 0 Å². The molecule has 338 valence electrons. The van der Waals surface area contributed by atoms with Crippen LogP contribution in [0.1, 0.15) is 283 Å². The fraction of sp³-hybridized carbons (Fsp3) is 0.918. The van der Waals surface area contributed by atoms with Crippen molar-refractivity contribution in [2.45, 2.75) is 283 Å². The Morgan fingerprint density at radius 1 is 0.316 bits per heavy atom. The zero-order valence-corrected chi connectivity index (χ0v) is 38.3. The highest BCUT2D eigenvalue weighted by molar-refractivity contribution is 7.85. The summed E-state index contributed by atoms with van der Waals surface area (Å²) in [5, 5.41) is 18.9. The first kappa shape index (κ1) is 55.6. The summed E-state index contributed by atoms with van der Waals surface area (Å²) in [5.41, 5.74) is -0.424. The van der Waals surface area contributed by atoms with Crippen LogP contribution in [0.2, 0.25) is 0 Å². The number of carbonyl (C=O) groups is 2. The molecule has 3 N–H and O–H groups in total. The molecule has 7 nitrogen and oxygen atoms in total. The number of rotatable bonds is 47. The zero-order chi connectivity index (χ0) is 41.9. The Hall–Kier alpha value is -1.41. The Labute approximate surface area is 353 Å². The SMILES string of the molecule is CCCCCCCCCCCCCCCCCCCCCCCCCCCCCCCCCCCCCCCCCC/C(C(=O)O)=C(\CCCS(=O)(=O)O)C(=O)O. The minimum Gasteiger partial charge on any atom is -0.478 e. The lowest BCUT2D eigenvalue weighted by Gasteiger charge is -2.09. The molecular formula is C49H94O7S. The van der Waals surface area contributed by atoms with Crippen molar-refractivity contribution in [1.82, 2.24) is 0 Å². The van der Waals surface area contributed by atoms with E-state index in [0.717, 1.165) is 19.3 Å². The summed E-state index contributed by atoms with van der Waals surface area (Å²) in [4.78, 5) is 23.2. The van der Waals surface area contributed by atoms with E-state index in [1.165, 1.54) is 231 Å². The third kappa shape index (κ3) is 42.5. The third-order valence-electron chi connectivity index (χ3n) is 12.0. The summed E-state index contributed by atoms with van der Waals surface area (Å²) in [6.07, 6.45) is 54.3. The van der Waals surface area contributed by atoms with Crippen molar-refractivity contribution < 1.29 is 32.8 Å². The van der Waals surface area contributed by atoms with Crippen molar-refractivity contribution >= 4 is 22.1 Å². The first-order valence-electron chi connectivity index (χ1n) is 24.8. The summed E-state index contributed by atoms with van der Waals surface area (Å²) in [6, 6.07) is 0. The van der Waals surface area contributed by atoms with E-state index < -0.39 is 27.8 Å². The number of aliphatic carboxylic acids is 2. The fourth-order valence-corrected chi connectivity index (χ4v) is 8.81. The molecule has 0 aromatic heterocycles. The lowest BCUT2D eigenvalue weighted by atomic mass is 9.97. The molecular weight excluding hydrogens is 733 g/mol. The summed E-state index contributed by atoms with van der Waals surface area (Å²) >= 11 is 0. The molecule has 0 heterocycles. The van der Waals surface area contributed by atoms with Gasteiger partial charge in [0.25, 0.3) is 10.1 Å². The van der Waals surface area contributed by atoms with E-state index in [9.17, 15) is 28.2 Å². The van der Waals surface area contributed by atoms with Gasteiger partial charge in [-0.1, -0.05) is 257 Å². The quantitative estimate of drug-likeness (QED) is 0.0316. The molecule has 0 saturated heterocycles. The van der Waals surface area contributed by atoms with Crippen LogP contribution in [0.15, 0.2) is 11.1 Å². The van der Waals surface area contributed by atoms with Gasteiger partial charge in [-0.2, -0.15) is 8.42 Å². The average molecular weight is 827 g/mol. The van der Waals surface area contributed by atoms with Gasteiger partial charge >= 0.3 is 11.9 Å². The van der Waals surface area contributed by atoms with Gasteiger partial charge < -0.3 is 10.2 Å². The second kappa shape index (κ2) is 42.7. The van der Waals surface area contributed by atoms with Crippen LogP contribution in [0.4, 0.5) is 0 Å². The Kier molecular flexibility index (Phi) is 41.6. The van der Waals surface area contributed by atoms with Crippen LogP contribution in [0, 0.1) is 0 Å². The Bertz CT molecular complexity index is 1040. The predicted molar refractivity (Wildman–Crippen MR) is 243 cm³/mol. The molecule has 0 aliphatic carbocycles. The number of hydrogen-bond acceptors (Lipinski definition) is 4. The first-order valence-corrected chi connectivity index (χ1v) is 26.4. The molecule has 0 aliphatic heterocycles. The van der Waals surface area contributed by atoms with Crippen molar-refractivity contribution in [1.29, 1.82) is 0 Å². The number of hydrogen-bond donors (Lipinski definition) is 3. The summed E-state index contributed by atoms with van der Waals surface area (Å²) in [5.74, 6) is -3.20. The van der Waals surface area contributed by atoms with Gasteiger partial charge in [0, 0.05) is 11.1 Å². The van der Waals surface area contributed by atoms with Crippen LogP contribution in [0.25, 0.3) is 0 Å². The van der Waals surface area contributed by atoms with Gasteiger partial charge in [-0.25, -0.2) is 9.59 Å². The summed E-state index contributed by atoms with van der Waals surface area (Å²) < 4.78 is 30.7. The average Bonchev–Trinajstić information content (AvgIpc) is 3.17. The minimum atomic E-state index is -4.21. The lowest BCUT2D eigenvalue weighted by molar-refractivity contribution is -0.136. The molecule has 0 atom stereocenters. The van der Waals surface area contributed by atoms with Crippen molar-refractivity contribution in [2.75, 3.05) is 5.75 Å². The van der Waals surface area contributed by atoms with E-state index in [-0.39, 0.29) is 30.4 Å². The van der Waals surface area contributed by atoms with Crippen LogP contribution in [-0.4, -0.2) is 40.9 Å². The monoisotopic (exact) mass is 827 g/mol. The Morgan fingerprint density at radius 2 is 0.491 bits per heavy atom. The van der Waals surface area contributed by atoms with Crippen molar-refractivity contribution in [3.63, 3.8) is 0 Å². The summed E-state index contributed by atoms with van der Waals surface area (Å²) in [7, 11) is -4.21. The molecule has 0 aromatic carbocycles. The second-order valence-electron chi connectivity index (χ2n) is 17.5. The maximum atomic E-state index is 11.6. The van der Waals surface area contributed by atoms with Crippen LogP contribution in [-0.2, 0) is 19.7 Å². The van der Waals surface area contributed by atoms with Crippen LogP contribution >= 0.6 is 0 Å². The molecule has 0 rings (SSSR count). The maximum absolute atomic E-state index is 11.6. The normalized spacial score (nSPS) is 12.3. The zero-order valence-electron chi connectivity index (χ0n) is 37.5. The van der Waals surface area contributed by atoms with Gasteiger partial charge in [0.15, 0.2) is 0 Å². The molecule has 0 aliphatic rings.